The number of anilines is 3. The Morgan fingerprint density at radius 3 is 2.96 bits per heavy atom. The number of carbonyl (C=O) groups is 2. The van der Waals surface area contributed by atoms with Crippen molar-refractivity contribution in [2.45, 2.75) is 19.4 Å². The highest BCUT2D eigenvalue weighted by molar-refractivity contribution is 5.99. The number of nitrogens with zero attached hydrogens (tertiary/aromatic N) is 4. The van der Waals surface area contributed by atoms with E-state index in [9.17, 15) is 9.59 Å². The average Bonchev–Trinajstić information content (AvgIpc) is 3.33. The number of nitrogens with one attached hydrogen (secondary N) is 1. The number of nitrogen functional groups attached to an aromatic ring is 1. The van der Waals surface area contributed by atoms with Gasteiger partial charge in [0.2, 0.25) is 5.91 Å². The lowest BCUT2D eigenvalue weighted by Gasteiger charge is -2.18. The van der Waals surface area contributed by atoms with Crippen molar-refractivity contribution >= 4 is 40.2 Å². The number of hydrogen-bond donors (Lipinski definition) is 2. The molecule has 0 bridgehead atoms. The maximum atomic E-state index is 12.1. The van der Waals surface area contributed by atoms with Crippen LogP contribution in [0.15, 0.2) is 18.3 Å². The fraction of sp³-hybridized carbons (Fsp3) is 0.353. The van der Waals surface area contributed by atoms with Gasteiger partial charge in [-0.25, -0.2) is 14.8 Å². The van der Waals surface area contributed by atoms with E-state index in [1.54, 1.807) is 12.1 Å². The van der Waals surface area contributed by atoms with E-state index in [1.807, 2.05) is 6.92 Å². The summed E-state index contributed by atoms with van der Waals surface area (Å²) >= 11 is 0. The molecule has 3 atom stereocenters. The van der Waals surface area contributed by atoms with Gasteiger partial charge in [0.05, 0.1) is 23.9 Å². The number of hydrogen-bond acceptors (Lipinski definition) is 7. The van der Waals surface area contributed by atoms with Crippen LogP contribution >= 0.6 is 0 Å². The van der Waals surface area contributed by atoms with Gasteiger partial charge in [-0.2, -0.15) is 5.26 Å². The minimum Gasteiger partial charge on any atom is -0.447 e. The molecule has 0 spiro atoms. The Labute approximate surface area is 148 Å². The fourth-order valence-corrected chi connectivity index (χ4v) is 3.03. The molecule has 2 fully saturated rings. The Hall–Kier alpha value is -3.41. The quantitative estimate of drug-likeness (QED) is 0.857. The number of nitrogens with two attached hydrogens (primary N) is 1. The first-order valence-corrected chi connectivity index (χ1v) is 8.20. The second kappa shape index (κ2) is 5.84. The van der Waals surface area contributed by atoms with E-state index >= 15 is 0 Å². The molecule has 0 radical (unpaired) electrons. The van der Waals surface area contributed by atoms with Gasteiger partial charge in [-0.05, 0) is 30.9 Å². The lowest BCUT2D eigenvalue weighted by Crippen LogP contribution is -2.31. The molecular weight excluding hydrogens is 336 g/mol. The number of carbonyl (C=O) groups excluding carboxylic acids is 2. The fourth-order valence-electron chi connectivity index (χ4n) is 3.03. The Morgan fingerprint density at radius 1 is 1.50 bits per heavy atom. The van der Waals surface area contributed by atoms with Gasteiger partial charge in [-0.15, -0.1) is 0 Å². The summed E-state index contributed by atoms with van der Waals surface area (Å²) in [6.07, 6.45) is 1.63. The standard InChI is InChI=1S/C17H16N6O3/c1-8-7-26-17(25)23(8)14-4-9-3-13(20-6-12(9)15(19)22-14)21-16(24)11-2-10(11)5-18/h3-4,6,8,10-11H,2,7H2,1H3,(H2,19,22)(H,20,21,24)/t8-,10?,11?/m0/s1. The molecule has 9 heteroatoms. The number of cyclic esters (lactones) is 1. The zero-order valence-corrected chi connectivity index (χ0v) is 14.0. The van der Waals surface area contributed by atoms with Crippen LogP contribution in [0, 0.1) is 23.2 Å². The lowest BCUT2D eigenvalue weighted by molar-refractivity contribution is -0.117. The Balaban J connectivity index is 1.65. The lowest BCUT2D eigenvalue weighted by atomic mass is 10.2. The molecular formula is C17H16N6O3. The summed E-state index contributed by atoms with van der Waals surface area (Å²) in [4.78, 5) is 33.9. The highest BCUT2D eigenvalue weighted by atomic mass is 16.6. The molecule has 2 unspecified atom stereocenters. The first-order valence-electron chi connectivity index (χ1n) is 8.20. The highest BCUT2D eigenvalue weighted by Gasteiger charge is 2.43. The summed E-state index contributed by atoms with van der Waals surface area (Å²) in [5, 5.41) is 12.9. The normalized spacial score (nSPS) is 24.2. The maximum absolute atomic E-state index is 12.1. The van der Waals surface area contributed by atoms with Crippen LogP contribution in [0.2, 0.25) is 0 Å². The van der Waals surface area contributed by atoms with Crippen LogP contribution in [0.4, 0.5) is 22.2 Å². The van der Waals surface area contributed by atoms with Crippen molar-refractivity contribution in [1.82, 2.24) is 9.97 Å². The summed E-state index contributed by atoms with van der Waals surface area (Å²) in [5.74, 6) is 0.268. The average molecular weight is 352 g/mol. The van der Waals surface area contributed by atoms with Gasteiger partial charge < -0.3 is 15.8 Å². The van der Waals surface area contributed by atoms with Gasteiger partial charge in [-0.1, -0.05) is 0 Å². The summed E-state index contributed by atoms with van der Waals surface area (Å²) in [7, 11) is 0. The second-order valence-corrected chi connectivity index (χ2v) is 6.52. The van der Waals surface area contributed by atoms with Crippen molar-refractivity contribution in [2.24, 2.45) is 11.8 Å². The molecule has 2 amide bonds. The van der Waals surface area contributed by atoms with Crippen molar-refractivity contribution in [1.29, 1.82) is 5.26 Å². The molecule has 2 aromatic heterocycles. The molecule has 9 nitrogen and oxygen atoms in total. The van der Waals surface area contributed by atoms with Gasteiger partial charge in [0, 0.05) is 11.6 Å². The topological polar surface area (TPSA) is 134 Å². The van der Waals surface area contributed by atoms with E-state index in [2.05, 4.69) is 21.4 Å². The van der Waals surface area contributed by atoms with E-state index in [1.165, 1.54) is 11.1 Å². The third-order valence-electron chi connectivity index (χ3n) is 4.61. The van der Waals surface area contributed by atoms with Crippen LogP contribution in [0.3, 0.4) is 0 Å². The zero-order valence-electron chi connectivity index (χ0n) is 14.0. The molecule has 1 saturated heterocycles. The Bertz CT molecular complexity index is 969. The number of nitriles is 1. The molecule has 132 valence electrons. The SMILES string of the molecule is C[C@H]1COC(=O)N1c1cc2cc(NC(=O)C3CC3C#N)ncc2c(N)n1. The van der Waals surface area contributed by atoms with Gasteiger partial charge in [0.25, 0.3) is 0 Å². The van der Waals surface area contributed by atoms with Crippen molar-refractivity contribution in [3.8, 4) is 6.07 Å². The predicted octanol–water partition coefficient (Wildman–Crippen LogP) is 1.66. The van der Waals surface area contributed by atoms with Crippen LogP contribution in [-0.4, -0.2) is 34.6 Å². The first-order chi connectivity index (χ1) is 12.5. The monoisotopic (exact) mass is 352 g/mol. The van der Waals surface area contributed by atoms with Crippen LogP contribution in [0.5, 0.6) is 0 Å². The molecule has 2 aromatic rings. The Kier molecular flexibility index (Phi) is 3.61. The van der Waals surface area contributed by atoms with Gasteiger partial charge >= 0.3 is 6.09 Å². The number of aromatic nitrogens is 2. The summed E-state index contributed by atoms with van der Waals surface area (Å²) in [5.41, 5.74) is 6.01. The van der Waals surface area contributed by atoms with E-state index in [0.29, 0.717) is 28.8 Å². The van der Waals surface area contributed by atoms with E-state index < -0.39 is 6.09 Å². The highest BCUT2D eigenvalue weighted by Crippen LogP contribution is 2.38. The summed E-state index contributed by atoms with van der Waals surface area (Å²) in [6.45, 7) is 2.14. The molecule has 1 saturated carbocycles. The summed E-state index contributed by atoms with van der Waals surface area (Å²) < 4.78 is 5.02. The second-order valence-electron chi connectivity index (χ2n) is 6.52. The number of fused-ring (bicyclic) bond motifs is 1. The summed E-state index contributed by atoms with van der Waals surface area (Å²) in [6, 6.07) is 5.32. The molecule has 26 heavy (non-hydrogen) atoms. The molecule has 2 aliphatic rings. The van der Waals surface area contributed by atoms with Crippen LogP contribution in [-0.2, 0) is 9.53 Å². The largest absolute Gasteiger partial charge is 0.447 e. The van der Waals surface area contributed by atoms with Crippen LogP contribution < -0.4 is 16.0 Å². The number of ether oxygens (including phenoxy) is 1. The minimum absolute atomic E-state index is 0.148. The van der Waals surface area contributed by atoms with Gasteiger partial charge in [0.1, 0.15) is 24.1 Å². The number of pyridine rings is 2. The third-order valence-corrected chi connectivity index (χ3v) is 4.61. The molecule has 0 aromatic carbocycles. The van der Waals surface area contributed by atoms with Crippen LogP contribution in [0.1, 0.15) is 13.3 Å². The molecule has 3 heterocycles. The number of amides is 2. The molecule has 4 rings (SSSR count). The van der Waals surface area contributed by atoms with Crippen molar-refractivity contribution in [3.63, 3.8) is 0 Å². The zero-order chi connectivity index (χ0) is 18.4. The van der Waals surface area contributed by atoms with Crippen molar-refractivity contribution < 1.29 is 14.3 Å². The number of rotatable bonds is 3. The van der Waals surface area contributed by atoms with E-state index in [0.717, 1.165) is 0 Å². The third kappa shape index (κ3) is 2.65. The van der Waals surface area contributed by atoms with Crippen molar-refractivity contribution in [2.75, 3.05) is 22.6 Å². The molecule has 1 aliphatic heterocycles. The molecule has 3 N–H and O–H groups in total. The smallest absolute Gasteiger partial charge is 0.415 e. The predicted molar refractivity (Wildman–Crippen MR) is 93.1 cm³/mol. The minimum atomic E-state index is -0.470. The van der Waals surface area contributed by atoms with Crippen LogP contribution in [0.25, 0.3) is 10.8 Å². The van der Waals surface area contributed by atoms with Crippen molar-refractivity contribution in [3.05, 3.63) is 18.3 Å². The van der Waals surface area contributed by atoms with Gasteiger partial charge in [0.15, 0.2) is 0 Å². The maximum Gasteiger partial charge on any atom is 0.415 e. The van der Waals surface area contributed by atoms with Gasteiger partial charge in [-0.3, -0.25) is 9.69 Å². The Morgan fingerprint density at radius 2 is 2.31 bits per heavy atom. The molecule has 1 aliphatic carbocycles. The first kappa shape index (κ1) is 16.1. The van der Waals surface area contributed by atoms with E-state index in [-0.39, 0.29) is 36.2 Å². The van der Waals surface area contributed by atoms with E-state index in [4.69, 9.17) is 15.7 Å².